The van der Waals surface area contributed by atoms with E-state index in [1.807, 2.05) is 24.3 Å². The lowest BCUT2D eigenvalue weighted by atomic mass is 9.83. The Hall–Kier alpha value is -4.48. The number of ether oxygens (including phenoxy) is 3. The van der Waals surface area contributed by atoms with Crippen molar-refractivity contribution in [1.29, 1.82) is 0 Å². The molecule has 16 nitrogen and oxygen atoms in total. The van der Waals surface area contributed by atoms with Crippen LogP contribution in [-0.4, -0.2) is 127 Å². The Bertz CT molecular complexity index is 2100. The van der Waals surface area contributed by atoms with E-state index in [2.05, 4.69) is 26.8 Å². The Kier molecular flexibility index (Phi) is 16.7. The molecule has 4 atom stereocenters. The number of fused-ring (bicyclic) bond motifs is 1. The zero-order valence-electron chi connectivity index (χ0n) is 38.1. The van der Waals surface area contributed by atoms with Crippen LogP contribution in [0.2, 0.25) is 0 Å². The Balaban J connectivity index is 1.16. The first-order chi connectivity index (χ1) is 31.4. The zero-order chi connectivity index (χ0) is 46.0. The predicted molar refractivity (Wildman–Crippen MR) is 246 cm³/mol. The summed E-state index contributed by atoms with van der Waals surface area (Å²) in [6.07, 6.45) is 13.4. The number of nitrogens with zero attached hydrogens (tertiary/aromatic N) is 3. The van der Waals surface area contributed by atoms with E-state index in [4.69, 9.17) is 19.2 Å². The summed E-state index contributed by atoms with van der Waals surface area (Å²) in [5.74, 6) is -0.512. The Morgan fingerprint density at radius 1 is 1.00 bits per heavy atom. The van der Waals surface area contributed by atoms with Gasteiger partial charge in [0.05, 0.1) is 35.6 Å². The lowest BCUT2D eigenvalue weighted by Crippen LogP contribution is -2.58. The number of hydrogen-bond donors (Lipinski definition) is 4. The normalized spacial score (nSPS) is 22.3. The average Bonchev–Trinajstić information content (AvgIpc) is 4.23. The number of carbonyl (C=O) groups is 4. The van der Waals surface area contributed by atoms with E-state index in [9.17, 15) is 32.7 Å². The molecule has 4 N–H and O–H groups in total. The molecule has 2 aliphatic heterocycles. The summed E-state index contributed by atoms with van der Waals surface area (Å²) in [6.45, 7) is 9.96. The predicted octanol–water partition coefficient (Wildman–Crippen LogP) is 5.86. The number of likely N-dealkylation sites (tertiary alicyclic amines) is 1. The van der Waals surface area contributed by atoms with E-state index in [1.165, 1.54) is 30.2 Å². The first-order valence-electron chi connectivity index (χ1n) is 24.1. The van der Waals surface area contributed by atoms with Crippen LogP contribution in [0.5, 0.6) is 11.6 Å². The fourth-order valence-corrected chi connectivity index (χ4v) is 10.9. The highest BCUT2D eigenvalue weighted by atomic mass is 32.2. The minimum Gasteiger partial charge on any atom is -0.492 e. The molecular weight excluding hydrogens is 853 g/mol. The summed E-state index contributed by atoms with van der Waals surface area (Å²) in [5.41, 5.74) is 1.50. The van der Waals surface area contributed by atoms with Crippen molar-refractivity contribution in [2.45, 2.75) is 151 Å². The van der Waals surface area contributed by atoms with Gasteiger partial charge in [-0.05, 0) is 88.7 Å². The highest BCUT2D eigenvalue weighted by Gasteiger charge is 2.51. The maximum atomic E-state index is 14.7. The summed E-state index contributed by atoms with van der Waals surface area (Å²) in [7, 11) is -4.01. The second kappa shape index (κ2) is 22.3. The third-order valence-electron chi connectivity index (χ3n) is 14.0. The number of pyridine rings is 1. The van der Waals surface area contributed by atoms with E-state index < -0.39 is 62.8 Å². The molecule has 3 saturated carbocycles. The number of hydrogen-bond acceptors (Lipinski definition) is 11. The zero-order valence-corrected chi connectivity index (χ0v) is 38.9. The van der Waals surface area contributed by atoms with Gasteiger partial charge in [0, 0.05) is 38.0 Å². The van der Waals surface area contributed by atoms with Gasteiger partial charge in [-0.1, -0.05) is 69.6 Å². The van der Waals surface area contributed by atoms with E-state index in [-0.39, 0.29) is 25.3 Å². The van der Waals surface area contributed by atoms with Crippen LogP contribution in [0.1, 0.15) is 122 Å². The minimum absolute atomic E-state index is 0.00586. The standard InChI is InChI=1S/C48H70N6O10S/c1-3-14-39(43(55)52-65(60,61)48(2)23-24-48)49-44(56)40-31-35(32-54(40)46(57)41(51-47(58)59)34-16-7-5-8-17-34)64-45-37(19-9-4-6-15-33-21-22-33)42(36-18-10-11-20-38(36)50-45)63-29-13-26-53-25-12-28-62-30-27-53/h3,10-11,18,20,33-35,39-41,51H,1,4-9,12-17,19,21-32H2,2H3,(H,49,56)(H,52,55)(H,58,59)/t35?,39?,40-,41-/m0/s1. The van der Waals surface area contributed by atoms with Gasteiger partial charge < -0.3 is 39.8 Å². The number of nitrogens with one attached hydrogen (secondary N) is 3. The van der Waals surface area contributed by atoms with Crippen LogP contribution in [0.3, 0.4) is 0 Å². The molecule has 1 aromatic carbocycles. The summed E-state index contributed by atoms with van der Waals surface area (Å²) in [4.78, 5) is 63.7. The molecule has 2 unspecified atom stereocenters. The van der Waals surface area contributed by atoms with E-state index in [1.54, 1.807) is 6.92 Å². The fraction of sp³-hybridized carbons (Fsp3) is 0.688. The number of unbranched alkanes of at least 4 members (excludes halogenated alkanes) is 2. The number of carboxylic acid groups (broad SMARTS) is 1. The first-order valence-corrected chi connectivity index (χ1v) is 25.6. The Labute approximate surface area is 384 Å². The van der Waals surface area contributed by atoms with Gasteiger partial charge in [0.1, 0.15) is 30.0 Å². The van der Waals surface area contributed by atoms with Crippen molar-refractivity contribution in [3.8, 4) is 11.6 Å². The summed E-state index contributed by atoms with van der Waals surface area (Å²) in [5, 5.41) is 16.0. The van der Waals surface area contributed by atoms with Crippen molar-refractivity contribution in [2.75, 3.05) is 46.0 Å². The van der Waals surface area contributed by atoms with Crippen molar-refractivity contribution < 1.29 is 46.9 Å². The van der Waals surface area contributed by atoms with Gasteiger partial charge in [-0.2, -0.15) is 0 Å². The van der Waals surface area contributed by atoms with Crippen molar-refractivity contribution in [3.05, 3.63) is 42.5 Å². The quantitative estimate of drug-likeness (QED) is 0.0764. The monoisotopic (exact) mass is 922 g/mol. The van der Waals surface area contributed by atoms with Gasteiger partial charge in [0.15, 0.2) is 0 Å². The molecule has 2 aromatic rings. The average molecular weight is 923 g/mol. The third-order valence-corrected chi connectivity index (χ3v) is 16.2. The minimum atomic E-state index is -4.01. The molecule has 5 fully saturated rings. The second-order valence-corrected chi connectivity index (χ2v) is 21.3. The molecule has 0 radical (unpaired) electrons. The molecular formula is C48H70N6O10S. The van der Waals surface area contributed by atoms with Gasteiger partial charge >= 0.3 is 6.09 Å². The smallest absolute Gasteiger partial charge is 0.405 e. The second-order valence-electron chi connectivity index (χ2n) is 19.1. The third kappa shape index (κ3) is 12.9. The maximum Gasteiger partial charge on any atom is 0.405 e. The van der Waals surface area contributed by atoms with Crippen LogP contribution in [-0.2, 0) is 35.6 Å². The van der Waals surface area contributed by atoms with Gasteiger partial charge in [-0.25, -0.2) is 18.2 Å². The molecule has 3 heterocycles. The highest BCUT2D eigenvalue weighted by molar-refractivity contribution is 7.91. The molecule has 3 aliphatic carbocycles. The maximum absolute atomic E-state index is 14.7. The lowest BCUT2D eigenvalue weighted by molar-refractivity contribution is -0.142. The number of sulfonamides is 1. The topological polar surface area (TPSA) is 206 Å². The molecule has 7 rings (SSSR count). The van der Waals surface area contributed by atoms with Gasteiger partial charge in [0.2, 0.25) is 27.7 Å². The SMILES string of the molecule is C=CCC(NC(=O)[C@@H]1CC(Oc2nc3ccccc3c(OCCCN3CCCOCC3)c2CCCCCC2CC2)CN1C(=O)[C@@H](NC(=O)O)C1CCCCC1)C(=O)NS(=O)(=O)C1(C)CC1. The number of amides is 4. The van der Waals surface area contributed by atoms with E-state index in [0.717, 1.165) is 101 Å². The van der Waals surface area contributed by atoms with Crippen LogP contribution in [0.15, 0.2) is 36.9 Å². The van der Waals surface area contributed by atoms with E-state index in [0.29, 0.717) is 55.9 Å². The molecule has 0 bridgehead atoms. The van der Waals surface area contributed by atoms with Crippen LogP contribution >= 0.6 is 0 Å². The van der Waals surface area contributed by atoms with Gasteiger partial charge in [-0.3, -0.25) is 19.1 Å². The molecule has 1 aromatic heterocycles. The number of para-hydroxylation sites is 1. The van der Waals surface area contributed by atoms with Gasteiger partial charge in [0.25, 0.3) is 5.91 Å². The molecule has 65 heavy (non-hydrogen) atoms. The Morgan fingerprint density at radius 2 is 1.78 bits per heavy atom. The molecule has 17 heteroatoms. The van der Waals surface area contributed by atoms with Crippen LogP contribution in [0, 0.1) is 11.8 Å². The van der Waals surface area contributed by atoms with E-state index >= 15 is 0 Å². The van der Waals surface area contributed by atoms with Crippen LogP contribution in [0.25, 0.3) is 10.9 Å². The van der Waals surface area contributed by atoms with Crippen molar-refractivity contribution in [1.82, 2.24) is 30.1 Å². The molecule has 358 valence electrons. The molecule has 5 aliphatic rings. The van der Waals surface area contributed by atoms with Crippen molar-refractivity contribution in [2.24, 2.45) is 11.8 Å². The molecule has 4 amide bonds. The highest BCUT2D eigenvalue weighted by Crippen LogP contribution is 2.42. The summed E-state index contributed by atoms with van der Waals surface area (Å²) < 4.78 is 46.4. The molecule has 0 spiro atoms. The van der Waals surface area contributed by atoms with Crippen molar-refractivity contribution >= 4 is 44.7 Å². The number of carbonyl (C=O) groups excluding carboxylic acids is 3. The summed E-state index contributed by atoms with van der Waals surface area (Å²) >= 11 is 0. The summed E-state index contributed by atoms with van der Waals surface area (Å²) in [6, 6.07) is 4.20. The Morgan fingerprint density at radius 3 is 2.52 bits per heavy atom. The largest absolute Gasteiger partial charge is 0.492 e. The lowest BCUT2D eigenvalue weighted by Gasteiger charge is -2.34. The number of rotatable bonds is 23. The fourth-order valence-electron chi connectivity index (χ4n) is 9.62. The van der Waals surface area contributed by atoms with Crippen LogP contribution in [0.4, 0.5) is 4.79 Å². The molecule has 2 saturated heterocycles. The number of benzene rings is 1. The van der Waals surface area contributed by atoms with Crippen molar-refractivity contribution in [3.63, 3.8) is 0 Å². The first kappa shape index (κ1) is 48.5. The van der Waals surface area contributed by atoms with Crippen LogP contribution < -0.4 is 24.8 Å². The van der Waals surface area contributed by atoms with Gasteiger partial charge in [-0.15, -0.1) is 6.58 Å². The number of aromatic nitrogens is 1.